The predicted molar refractivity (Wildman–Crippen MR) is 103 cm³/mol. The minimum Gasteiger partial charge on any atom is -0.310 e. The Labute approximate surface area is 153 Å². The molecule has 1 unspecified atom stereocenters. The van der Waals surface area contributed by atoms with Crippen molar-refractivity contribution in [2.75, 3.05) is 6.54 Å². The molecule has 0 bridgehead atoms. The van der Waals surface area contributed by atoms with E-state index in [0.29, 0.717) is 6.04 Å². The molecule has 0 heterocycles. The van der Waals surface area contributed by atoms with Gasteiger partial charge in [-0.15, -0.1) is 0 Å². The Morgan fingerprint density at radius 2 is 1.90 bits per heavy atom. The van der Waals surface area contributed by atoms with E-state index in [2.05, 4.69) is 81.1 Å². The molecule has 1 nitrogen and oxygen atoms in total. The summed E-state index contributed by atoms with van der Waals surface area (Å²) in [5.41, 5.74) is 2.64. The largest absolute Gasteiger partial charge is 0.310 e. The number of hydrogen-bond acceptors (Lipinski definition) is 1. The number of benzene rings is 2. The molecule has 0 aliphatic rings. The fraction of sp³-hybridized carbons (Fsp3) is 0.294. The summed E-state index contributed by atoms with van der Waals surface area (Å²) in [4.78, 5) is 0. The Balaban J connectivity index is 2.25. The van der Waals surface area contributed by atoms with Gasteiger partial charge in [0.05, 0.1) is 0 Å². The highest BCUT2D eigenvalue weighted by atomic mass is 127. The van der Waals surface area contributed by atoms with Crippen molar-refractivity contribution in [3.05, 3.63) is 66.7 Å². The van der Waals surface area contributed by atoms with Gasteiger partial charge in [-0.3, -0.25) is 0 Å². The molecule has 0 spiro atoms. The molecule has 0 amide bonds. The van der Waals surface area contributed by atoms with Crippen LogP contribution in [0.25, 0.3) is 0 Å². The van der Waals surface area contributed by atoms with Gasteiger partial charge < -0.3 is 5.32 Å². The van der Waals surface area contributed by atoms with Gasteiger partial charge in [0.25, 0.3) is 0 Å². The first kappa shape index (κ1) is 17.3. The van der Waals surface area contributed by atoms with E-state index in [1.807, 2.05) is 12.1 Å². The SMILES string of the molecule is CCCNC(Cc1ccc(Cl)cc1)c1cc(Br)ccc1I. The molecular weight excluding hydrogens is 460 g/mol. The van der Waals surface area contributed by atoms with Gasteiger partial charge in [-0.05, 0) is 83.4 Å². The van der Waals surface area contributed by atoms with Crippen LogP contribution >= 0.6 is 50.1 Å². The zero-order chi connectivity index (χ0) is 15.2. The Morgan fingerprint density at radius 3 is 2.57 bits per heavy atom. The Morgan fingerprint density at radius 1 is 1.19 bits per heavy atom. The van der Waals surface area contributed by atoms with Crippen LogP contribution in [0.1, 0.15) is 30.5 Å². The summed E-state index contributed by atoms with van der Waals surface area (Å²) in [5, 5.41) is 4.44. The maximum absolute atomic E-state index is 5.97. The third kappa shape index (κ3) is 5.23. The van der Waals surface area contributed by atoms with Crippen LogP contribution in [0, 0.1) is 3.57 Å². The molecule has 4 heteroatoms. The van der Waals surface area contributed by atoms with Crippen molar-refractivity contribution in [1.82, 2.24) is 5.32 Å². The van der Waals surface area contributed by atoms with E-state index < -0.39 is 0 Å². The first-order valence-electron chi connectivity index (χ1n) is 7.03. The normalized spacial score (nSPS) is 12.4. The summed E-state index contributed by atoms with van der Waals surface area (Å²) >= 11 is 12.0. The van der Waals surface area contributed by atoms with Crippen molar-refractivity contribution in [1.29, 1.82) is 0 Å². The van der Waals surface area contributed by atoms with Crippen molar-refractivity contribution in [3.8, 4) is 0 Å². The molecule has 0 saturated carbocycles. The standard InChI is InChI=1S/C17H18BrClIN/c1-2-9-21-17(10-12-3-6-14(19)7-4-12)15-11-13(18)5-8-16(15)20/h3-8,11,17,21H,2,9-10H2,1H3. The fourth-order valence-corrected chi connectivity index (χ4v) is 3.46. The third-order valence-electron chi connectivity index (χ3n) is 3.33. The second kappa shape index (κ2) is 8.51. The van der Waals surface area contributed by atoms with Gasteiger partial charge in [0, 0.05) is 19.1 Å². The van der Waals surface area contributed by atoms with E-state index in [0.717, 1.165) is 28.9 Å². The second-order valence-electron chi connectivity index (χ2n) is 5.00. The molecule has 0 aliphatic heterocycles. The molecular formula is C17H18BrClIN. The summed E-state index contributed by atoms with van der Waals surface area (Å²) in [5.74, 6) is 0. The monoisotopic (exact) mass is 477 g/mol. The zero-order valence-corrected chi connectivity index (χ0v) is 16.4. The highest BCUT2D eigenvalue weighted by molar-refractivity contribution is 14.1. The number of rotatable bonds is 6. The van der Waals surface area contributed by atoms with Crippen molar-refractivity contribution in [2.24, 2.45) is 0 Å². The molecule has 0 radical (unpaired) electrons. The third-order valence-corrected chi connectivity index (χ3v) is 5.05. The van der Waals surface area contributed by atoms with Crippen LogP contribution in [0.2, 0.25) is 5.02 Å². The van der Waals surface area contributed by atoms with Crippen molar-refractivity contribution in [2.45, 2.75) is 25.8 Å². The van der Waals surface area contributed by atoms with Gasteiger partial charge in [0.1, 0.15) is 0 Å². The van der Waals surface area contributed by atoms with Crippen LogP contribution < -0.4 is 5.32 Å². The molecule has 0 fully saturated rings. The van der Waals surface area contributed by atoms with Crippen LogP contribution in [0.3, 0.4) is 0 Å². The number of nitrogens with one attached hydrogen (secondary N) is 1. The fourth-order valence-electron chi connectivity index (χ4n) is 2.25. The minimum absolute atomic E-state index is 0.315. The lowest BCUT2D eigenvalue weighted by Crippen LogP contribution is -2.25. The van der Waals surface area contributed by atoms with Gasteiger partial charge in [-0.2, -0.15) is 0 Å². The first-order valence-corrected chi connectivity index (χ1v) is 9.28. The molecule has 2 aromatic rings. The Bertz CT molecular complexity index is 586. The first-order chi connectivity index (χ1) is 10.1. The number of halogens is 3. The van der Waals surface area contributed by atoms with Crippen LogP contribution in [0.15, 0.2) is 46.9 Å². The van der Waals surface area contributed by atoms with E-state index >= 15 is 0 Å². The van der Waals surface area contributed by atoms with Gasteiger partial charge >= 0.3 is 0 Å². The average Bonchev–Trinajstić information content (AvgIpc) is 2.48. The van der Waals surface area contributed by atoms with Gasteiger partial charge in [0.2, 0.25) is 0 Å². The highest BCUT2D eigenvalue weighted by Gasteiger charge is 2.15. The second-order valence-corrected chi connectivity index (χ2v) is 7.52. The molecule has 0 aromatic heterocycles. The van der Waals surface area contributed by atoms with Gasteiger partial charge in [-0.25, -0.2) is 0 Å². The Hall–Kier alpha value is -0.100. The van der Waals surface area contributed by atoms with Crippen LogP contribution in [0.4, 0.5) is 0 Å². The topological polar surface area (TPSA) is 12.0 Å². The summed E-state index contributed by atoms with van der Waals surface area (Å²) in [7, 11) is 0. The lowest BCUT2D eigenvalue weighted by atomic mass is 9.99. The molecule has 0 aliphatic carbocycles. The van der Waals surface area contributed by atoms with Crippen molar-refractivity contribution < 1.29 is 0 Å². The van der Waals surface area contributed by atoms with Gasteiger partial charge in [0.15, 0.2) is 0 Å². The highest BCUT2D eigenvalue weighted by Crippen LogP contribution is 2.27. The summed E-state index contributed by atoms with van der Waals surface area (Å²) in [6.07, 6.45) is 2.09. The molecule has 1 atom stereocenters. The lowest BCUT2D eigenvalue weighted by Gasteiger charge is -2.21. The smallest absolute Gasteiger partial charge is 0.0406 e. The van der Waals surface area contributed by atoms with E-state index in [4.69, 9.17) is 11.6 Å². The van der Waals surface area contributed by atoms with Crippen LogP contribution in [0.5, 0.6) is 0 Å². The van der Waals surface area contributed by atoms with Crippen LogP contribution in [-0.4, -0.2) is 6.54 Å². The molecule has 0 saturated heterocycles. The summed E-state index contributed by atoms with van der Waals surface area (Å²) in [6, 6.07) is 14.9. The maximum atomic E-state index is 5.97. The van der Waals surface area contributed by atoms with E-state index in [1.165, 1.54) is 14.7 Å². The molecule has 112 valence electrons. The lowest BCUT2D eigenvalue weighted by molar-refractivity contribution is 0.527. The van der Waals surface area contributed by atoms with Crippen molar-refractivity contribution >= 4 is 50.1 Å². The Kier molecular flexibility index (Phi) is 6.99. The molecule has 1 N–H and O–H groups in total. The predicted octanol–water partition coefficient (Wildman–Crippen LogP) is 5.99. The molecule has 21 heavy (non-hydrogen) atoms. The van der Waals surface area contributed by atoms with E-state index in [-0.39, 0.29) is 0 Å². The minimum atomic E-state index is 0.315. The van der Waals surface area contributed by atoms with Crippen molar-refractivity contribution in [3.63, 3.8) is 0 Å². The van der Waals surface area contributed by atoms with Crippen LogP contribution in [-0.2, 0) is 6.42 Å². The molecule has 2 aromatic carbocycles. The van der Waals surface area contributed by atoms with E-state index in [9.17, 15) is 0 Å². The maximum Gasteiger partial charge on any atom is 0.0406 e. The average molecular weight is 479 g/mol. The summed E-state index contributed by atoms with van der Waals surface area (Å²) < 4.78 is 2.41. The number of hydrogen-bond donors (Lipinski definition) is 1. The van der Waals surface area contributed by atoms with E-state index in [1.54, 1.807) is 0 Å². The molecule has 2 rings (SSSR count). The van der Waals surface area contributed by atoms with Gasteiger partial charge in [-0.1, -0.05) is 46.6 Å². The zero-order valence-electron chi connectivity index (χ0n) is 11.9. The summed E-state index contributed by atoms with van der Waals surface area (Å²) in [6.45, 7) is 3.21. The quantitative estimate of drug-likeness (QED) is 0.503.